The minimum absolute atomic E-state index is 0. The molecule has 0 aromatic heterocycles. The zero-order valence-electron chi connectivity index (χ0n) is 13.4. The van der Waals surface area contributed by atoms with Gasteiger partial charge in [-0.2, -0.15) is 0 Å². The molecule has 1 N–H and O–H groups in total. The molecular weight excluding hydrogens is 345 g/mol. The van der Waals surface area contributed by atoms with Crippen LogP contribution in [0.15, 0.2) is 24.3 Å². The second-order valence-electron chi connectivity index (χ2n) is 5.70. The maximum atomic E-state index is 12.4. The molecule has 1 aromatic rings. The van der Waals surface area contributed by atoms with Crippen LogP contribution in [0.3, 0.4) is 0 Å². The van der Waals surface area contributed by atoms with Gasteiger partial charge in [-0.3, -0.25) is 4.79 Å². The van der Waals surface area contributed by atoms with Gasteiger partial charge in [-0.1, -0.05) is 6.07 Å². The van der Waals surface area contributed by atoms with E-state index in [1.165, 1.54) is 18.2 Å². The zero-order chi connectivity index (χ0) is 16.9. The summed E-state index contributed by atoms with van der Waals surface area (Å²) in [4.78, 5) is 14.1. The number of amides is 1. The fraction of sp³-hybridized carbons (Fsp3) is 0.562. The number of ether oxygens (including phenoxy) is 1. The molecule has 8 heteroatoms. The molecule has 24 heavy (non-hydrogen) atoms. The number of nitrogens with one attached hydrogen (secondary N) is 1. The number of halogens is 4. The average Bonchev–Trinajstić information content (AvgIpc) is 2.51. The standard InChI is InChI=1S/C16H21F3N2O2.ClH/c1-20-8-5-12-6-9-21(10-7-12)15(22)13-3-2-4-14(11-13)23-16(17,18)19;/h2-4,11-12,20H,5-10H2,1H3;1H. The molecule has 0 spiro atoms. The molecule has 0 radical (unpaired) electrons. The van der Waals surface area contributed by atoms with Crippen LogP contribution in [0, 0.1) is 5.92 Å². The van der Waals surface area contributed by atoms with Gasteiger partial charge in [0.15, 0.2) is 0 Å². The molecule has 1 fully saturated rings. The van der Waals surface area contributed by atoms with Crippen LogP contribution >= 0.6 is 12.4 Å². The van der Waals surface area contributed by atoms with Crippen LogP contribution in [-0.4, -0.2) is 43.9 Å². The number of rotatable bonds is 5. The molecule has 0 bridgehead atoms. The molecule has 0 aliphatic carbocycles. The number of nitrogens with zero attached hydrogens (tertiary/aromatic N) is 1. The molecule has 1 heterocycles. The van der Waals surface area contributed by atoms with Crippen molar-refractivity contribution < 1.29 is 22.7 Å². The molecule has 1 aromatic carbocycles. The first-order valence-corrected chi connectivity index (χ1v) is 7.69. The van der Waals surface area contributed by atoms with Crippen LogP contribution in [0.4, 0.5) is 13.2 Å². The lowest BCUT2D eigenvalue weighted by Crippen LogP contribution is -2.39. The SMILES string of the molecule is CNCCC1CCN(C(=O)c2cccc(OC(F)(F)F)c2)CC1.Cl. The van der Waals surface area contributed by atoms with Crippen LogP contribution in [0.1, 0.15) is 29.6 Å². The summed E-state index contributed by atoms with van der Waals surface area (Å²) in [5, 5.41) is 3.11. The molecule has 4 nitrogen and oxygen atoms in total. The molecule has 0 unspecified atom stereocenters. The first-order chi connectivity index (χ1) is 10.9. The summed E-state index contributed by atoms with van der Waals surface area (Å²) in [5.74, 6) is -0.0247. The van der Waals surface area contributed by atoms with Crippen molar-refractivity contribution in [3.63, 3.8) is 0 Å². The van der Waals surface area contributed by atoms with Crippen molar-refractivity contribution in [3.8, 4) is 5.75 Å². The van der Waals surface area contributed by atoms with E-state index in [2.05, 4.69) is 10.1 Å². The first-order valence-electron chi connectivity index (χ1n) is 7.69. The van der Waals surface area contributed by atoms with Gasteiger partial charge >= 0.3 is 6.36 Å². The molecule has 1 saturated heterocycles. The lowest BCUT2D eigenvalue weighted by atomic mass is 9.93. The predicted molar refractivity (Wildman–Crippen MR) is 87.5 cm³/mol. The van der Waals surface area contributed by atoms with Gasteiger partial charge in [0.2, 0.25) is 0 Å². The number of likely N-dealkylation sites (tertiary alicyclic amines) is 1. The normalized spacial score (nSPS) is 15.8. The lowest BCUT2D eigenvalue weighted by Gasteiger charge is -2.32. The molecule has 0 atom stereocenters. The zero-order valence-corrected chi connectivity index (χ0v) is 14.3. The summed E-state index contributed by atoms with van der Waals surface area (Å²) >= 11 is 0. The number of benzene rings is 1. The highest BCUT2D eigenvalue weighted by atomic mass is 35.5. The third kappa shape index (κ3) is 6.20. The van der Waals surface area contributed by atoms with Gasteiger partial charge in [0.1, 0.15) is 5.75 Å². The fourth-order valence-corrected chi connectivity index (χ4v) is 2.78. The topological polar surface area (TPSA) is 41.6 Å². The third-order valence-electron chi connectivity index (χ3n) is 4.02. The van der Waals surface area contributed by atoms with Crippen LogP contribution in [0.25, 0.3) is 0 Å². The Morgan fingerprint density at radius 3 is 2.58 bits per heavy atom. The maximum Gasteiger partial charge on any atom is 0.573 e. The Kier molecular flexibility index (Phi) is 7.83. The van der Waals surface area contributed by atoms with E-state index < -0.39 is 6.36 Å². The number of hydrogen-bond donors (Lipinski definition) is 1. The van der Waals surface area contributed by atoms with E-state index in [9.17, 15) is 18.0 Å². The molecular formula is C16H22ClF3N2O2. The van der Waals surface area contributed by atoms with Gasteiger partial charge < -0.3 is 15.0 Å². The van der Waals surface area contributed by atoms with E-state index in [1.807, 2.05) is 7.05 Å². The molecule has 136 valence electrons. The molecule has 1 aliphatic rings. The summed E-state index contributed by atoms with van der Waals surface area (Å²) in [6.07, 6.45) is -1.83. The van der Waals surface area contributed by atoms with Gasteiger partial charge in [0.25, 0.3) is 5.91 Å². The van der Waals surface area contributed by atoms with Crippen LogP contribution in [-0.2, 0) is 0 Å². The Morgan fingerprint density at radius 2 is 2.00 bits per heavy atom. The van der Waals surface area contributed by atoms with E-state index in [0.717, 1.165) is 31.9 Å². The third-order valence-corrected chi connectivity index (χ3v) is 4.02. The van der Waals surface area contributed by atoms with E-state index in [0.29, 0.717) is 19.0 Å². The van der Waals surface area contributed by atoms with Crippen molar-refractivity contribution in [2.75, 3.05) is 26.7 Å². The van der Waals surface area contributed by atoms with Crippen molar-refractivity contribution in [1.82, 2.24) is 10.2 Å². The monoisotopic (exact) mass is 366 g/mol. The summed E-state index contributed by atoms with van der Waals surface area (Å²) in [7, 11) is 1.91. The second kappa shape index (κ2) is 9.13. The number of alkyl halides is 3. The number of carbonyl (C=O) groups is 1. The first kappa shape index (κ1) is 20.6. The summed E-state index contributed by atoms with van der Waals surface area (Å²) in [5.41, 5.74) is 0.223. The van der Waals surface area contributed by atoms with Gasteiger partial charge in [-0.25, -0.2) is 0 Å². The average molecular weight is 367 g/mol. The second-order valence-corrected chi connectivity index (χ2v) is 5.70. The minimum atomic E-state index is -4.76. The Labute approximate surface area is 145 Å². The van der Waals surface area contributed by atoms with Gasteiger partial charge in [0, 0.05) is 18.7 Å². The quantitative estimate of drug-likeness (QED) is 0.867. The Hall–Kier alpha value is -1.47. The lowest BCUT2D eigenvalue weighted by molar-refractivity contribution is -0.274. The van der Waals surface area contributed by atoms with Gasteiger partial charge in [-0.05, 0) is 57.0 Å². The van der Waals surface area contributed by atoms with Crippen molar-refractivity contribution >= 4 is 18.3 Å². The van der Waals surface area contributed by atoms with E-state index in [1.54, 1.807) is 4.90 Å². The minimum Gasteiger partial charge on any atom is -0.406 e. The van der Waals surface area contributed by atoms with Crippen LogP contribution < -0.4 is 10.1 Å². The molecule has 2 rings (SSSR count). The number of carbonyl (C=O) groups excluding carboxylic acids is 1. The molecule has 0 saturated carbocycles. The highest BCUT2D eigenvalue weighted by Gasteiger charge is 2.31. The van der Waals surface area contributed by atoms with Crippen molar-refractivity contribution in [1.29, 1.82) is 0 Å². The summed E-state index contributed by atoms with van der Waals surface area (Å²) in [6, 6.07) is 5.24. The highest BCUT2D eigenvalue weighted by Crippen LogP contribution is 2.25. The summed E-state index contributed by atoms with van der Waals surface area (Å²) < 4.78 is 40.6. The number of hydrogen-bond acceptors (Lipinski definition) is 3. The van der Waals surface area contributed by atoms with Crippen molar-refractivity contribution in [2.45, 2.75) is 25.6 Å². The number of piperidine rings is 1. The van der Waals surface area contributed by atoms with Gasteiger partial charge in [0.05, 0.1) is 0 Å². The van der Waals surface area contributed by atoms with Crippen LogP contribution in [0.5, 0.6) is 5.75 Å². The maximum absolute atomic E-state index is 12.4. The van der Waals surface area contributed by atoms with E-state index >= 15 is 0 Å². The Bertz CT molecular complexity index is 532. The largest absolute Gasteiger partial charge is 0.573 e. The van der Waals surface area contributed by atoms with E-state index in [4.69, 9.17) is 0 Å². The molecule has 1 amide bonds. The predicted octanol–water partition coefficient (Wildman–Crippen LogP) is 3.47. The smallest absolute Gasteiger partial charge is 0.406 e. The van der Waals surface area contributed by atoms with Crippen molar-refractivity contribution in [2.24, 2.45) is 5.92 Å². The van der Waals surface area contributed by atoms with Crippen molar-refractivity contribution in [3.05, 3.63) is 29.8 Å². The molecule has 1 aliphatic heterocycles. The highest BCUT2D eigenvalue weighted by molar-refractivity contribution is 5.94. The van der Waals surface area contributed by atoms with Gasteiger partial charge in [-0.15, -0.1) is 25.6 Å². The Morgan fingerprint density at radius 1 is 1.33 bits per heavy atom. The van der Waals surface area contributed by atoms with E-state index in [-0.39, 0.29) is 29.6 Å². The Balaban J connectivity index is 0.00000288. The summed E-state index contributed by atoms with van der Waals surface area (Å²) in [6.45, 7) is 2.23. The fourth-order valence-electron chi connectivity index (χ4n) is 2.78. The van der Waals surface area contributed by atoms with Crippen LogP contribution in [0.2, 0.25) is 0 Å².